The van der Waals surface area contributed by atoms with Gasteiger partial charge < -0.3 is 19.5 Å². The molecule has 0 radical (unpaired) electrons. The van der Waals surface area contributed by atoms with Crippen LogP contribution in [0.2, 0.25) is 0 Å². The van der Waals surface area contributed by atoms with Crippen LogP contribution in [-0.4, -0.2) is 38.2 Å². The van der Waals surface area contributed by atoms with Gasteiger partial charge in [0.1, 0.15) is 0 Å². The van der Waals surface area contributed by atoms with Crippen LogP contribution in [0.3, 0.4) is 0 Å². The molecule has 3 atom stereocenters. The Hall–Kier alpha value is -2.24. The largest absolute Gasteiger partial charge is 0.490 e. The monoisotopic (exact) mass is 403 g/mol. The van der Waals surface area contributed by atoms with Crippen LogP contribution in [0, 0.1) is 17.8 Å². The van der Waals surface area contributed by atoms with Crippen molar-refractivity contribution in [1.29, 1.82) is 0 Å². The van der Waals surface area contributed by atoms with E-state index in [1.165, 1.54) is 19.3 Å². The SMILES string of the molecule is CCOc1ccc(CCNC(=O)COC(=O)C[C@@H]2C[C@H]3CC[C@H]2C3)cc1OCC. The third-order valence-electron chi connectivity index (χ3n) is 6.02. The lowest BCUT2D eigenvalue weighted by Gasteiger charge is -2.20. The van der Waals surface area contributed by atoms with Crippen molar-refractivity contribution >= 4 is 11.9 Å². The van der Waals surface area contributed by atoms with Gasteiger partial charge >= 0.3 is 5.97 Å². The molecule has 2 aliphatic carbocycles. The maximum Gasteiger partial charge on any atom is 0.306 e. The van der Waals surface area contributed by atoms with Crippen molar-refractivity contribution in [2.75, 3.05) is 26.4 Å². The maximum atomic E-state index is 12.0. The lowest BCUT2D eigenvalue weighted by Crippen LogP contribution is -2.31. The van der Waals surface area contributed by atoms with Crippen molar-refractivity contribution < 1.29 is 23.8 Å². The number of carbonyl (C=O) groups excluding carboxylic acids is 2. The first kappa shape index (κ1) is 21.5. The van der Waals surface area contributed by atoms with E-state index in [4.69, 9.17) is 14.2 Å². The Balaban J connectivity index is 1.35. The molecule has 160 valence electrons. The second kappa shape index (κ2) is 10.5. The zero-order valence-corrected chi connectivity index (χ0v) is 17.6. The molecule has 2 fully saturated rings. The molecule has 0 heterocycles. The van der Waals surface area contributed by atoms with Crippen LogP contribution in [0.25, 0.3) is 0 Å². The normalized spacial score (nSPS) is 22.3. The summed E-state index contributed by atoms with van der Waals surface area (Å²) >= 11 is 0. The molecule has 0 spiro atoms. The van der Waals surface area contributed by atoms with Crippen LogP contribution in [0.15, 0.2) is 18.2 Å². The molecule has 0 aromatic heterocycles. The number of rotatable bonds is 11. The average Bonchev–Trinajstić information content (AvgIpc) is 3.32. The second-order valence-electron chi connectivity index (χ2n) is 8.05. The van der Waals surface area contributed by atoms with Crippen molar-refractivity contribution in [3.63, 3.8) is 0 Å². The van der Waals surface area contributed by atoms with Gasteiger partial charge in [-0.15, -0.1) is 0 Å². The maximum absolute atomic E-state index is 12.0. The second-order valence-corrected chi connectivity index (χ2v) is 8.05. The first-order valence-corrected chi connectivity index (χ1v) is 10.9. The number of benzene rings is 1. The molecule has 29 heavy (non-hydrogen) atoms. The standard InChI is InChI=1S/C23H33NO5/c1-3-27-20-8-6-16(13-21(20)28-4-2)9-10-24-22(25)15-29-23(26)14-19-12-17-5-7-18(19)11-17/h6,8,13,17-19H,3-5,7,9-12,14-15H2,1-2H3,(H,24,25)/t17-,18-,19-/m0/s1. The molecule has 1 aromatic carbocycles. The number of fused-ring (bicyclic) bond motifs is 2. The number of ether oxygens (including phenoxy) is 3. The smallest absolute Gasteiger partial charge is 0.306 e. The van der Waals surface area contributed by atoms with Crippen LogP contribution in [-0.2, 0) is 20.7 Å². The van der Waals surface area contributed by atoms with Gasteiger partial charge in [0.2, 0.25) is 0 Å². The quantitative estimate of drug-likeness (QED) is 0.573. The summed E-state index contributed by atoms with van der Waals surface area (Å²) < 4.78 is 16.4. The van der Waals surface area contributed by atoms with Crippen molar-refractivity contribution in [1.82, 2.24) is 5.32 Å². The van der Waals surface area contributed by atoms with Gasteiger partial charge in [0.15, 0.2) is 18.1 Å². The third kappa shape index (κ3) is 6.12. The molecule has 1 N–H and O–H groups in total. The summed E-state index contributed by atoms with van der Waals surface area (Å²) in [6.45, 7) is 5.28. The van der Waals surface area contributed by atoms with E-state index in [0.717, 1.165) is 23.7 Å². The third-order valence-corrected chi connectivity index (χ3v) is 6.02. The Labute approximate surface area is 173 Å². The predicted molar refractivity (Wildman–Crippen MR) is 110 cm³/mol. The summed E-state index contributed by atoms with van der Waals surface area (Å²) in [6.07, 6.45) is 6.11. The van der Waals surface area contributed by atoms with Gasteiger partial charge in [0.25, 0.3) is 5.91 Å². The van der Waals surface area contributed by atoms with Crippen molar-refractivity contribution in [3.05, 3.63) is 23.8 Å². The summed E-state index contributed by atoms with van der Waals surface area (Å²) in [5, 5.41) is 2.81. The molecule has 1 amide bonds. The first-order chi connectivity index (χ1) is 14.1. The van der Waals surface area contributed by atoms with Gasteiger partial charge in [-0.25, -0.2) is 0 Å². The molecule has 1 aromatic rings. The van der Waals surface area contributed by atoms with E-state index in [0.29, 0.717) is 50.2 Å². The minimum Gasteiger partial charge on any atom is -0.490 e. The molecule has 6 heteroatoms. The Morgan fingerprint density at radius 3 is 2.55 bits per heavy atom. The Bertz CT molecular complexity index is 705. The first-order valence-electron chi connectivity index (χ1n) is 10.9. The van der Waals surface area contributed by atoms with E-state index in [2.05, 4.69) is 5.32 Å². The number of esters is 1. The number of amides is 1. The lowest BCUT2D eigenvalue weighted by atomic mass is 9.86. The van der Waals surface area contributed by atoms with E-state index in [1.54, 1.807) is 0 Å². The molecular weight excluding hydrogens is 370 g/mol. The number of hydrogen-bond acceptors (Lipinski definition) is 5. The molecular formula is C23H33NO5. The molecule has 2 aliphatic rings. The fourth-order valence-corrected chi connectivity index (χ4v) is 4.69. The summed E-state index contributed by atoms with van der Waals surface area (Å²) in [6, 6.07) is 5.80. The molecule has 6 nitrogen and oxygen atoms in total. The van der Waals surface area contributed by atoms with Gasteiger partial charge in [-0.05, 0) is 75.0 Å². The number of carbonyl (C=O) groups is 2. The minimum atomic E-state index is -0.262. The van der Waals surface area contributed by atoms with E-state index in [9.17, 15) is 9.59 Å². The average molecular weight is 404 g/mol. The fraction of sp³-hybridized carbons (Fsp3) is 0.652. The van der Waals surface area contributed by atoms with E-state index < -0.39 is 0 Å². The molecule has 0 saturated heterocycles. The van der Waals surface area contributed by atoms with Gasteiger partial charge in [-0.1, -0.05) is 12.5 Å². The lowest BCUT2D eigenvalue weighted by molar-refractivity contribution is -0.149. The van der Waals surface area contributed by atoms with Gasteiger partial charge in [0.05, 0.1) is 13.2 Å². The Morgan fingerprint density at radius 1 is 1.07 bits per heavy atom. The highest BCUT2D eigenvalue weighted by molar-refractivity contribution is 5.80. The molecule has 3 rings (SSSR count). The summed E-state index contributed by atoms with van der Waals surface area (Å²) in [4.78, 5) is 24.0. The predicted octanol–water partition coefficient (Wildman–Crippen LogP) is 3.51. The Morgan fingerprint density at radius 2 is 1.86 bits per heavy atom. The molecule has 2 bridgehead atoms. The summed E-state index contributed by atoms with van der Waals surface area (Å²) in [5.74, 6) is 2.90. The fourth-order valence-electron chi connectivity index (χ4n) is 4.69. The van der Waals surface area contributed by atoms with Gasteiger partial charge in [-0.2, -0.15) is 0 Å². The zero-order valence-electron chi connectivity index (χ0n) is 17.6. The molecule has 0 aliphatic heterocycles. The van der Waals surface area contributed by atoms with Crippen LogP contribution in [0.5, 0.6) is 11.5 Å². The summed E-state index contributed by atoms with van der Waals surface area (Å²) in [7, 11) is 0. The highest BCUT2D eigenvalue weighted by Crippen LogP contribution is 2.49. The van der Waals surface area contributed by atoms with Gasteiger partial charge in [0, 0.05) is 13.0 Å². The van der Waals surface area contributed by atoms with Crippen molar-refractivity contribution in [3.8, 4) is 11.5 Å². The highest BCUT2D eigenvalue weighted by Gasteiger charge is 2.40. The topological polar surface area (TPSA) is 73.9 Å². The van der Waals surface area contributed by atoms with E-state index >= 15 is 0 Å². The van der Waals surface area contributed by atoms with Crippen LogP contribution < -0.4 is 14.8 Å². The molecule has 0 unspecified atom stereocenters. The molecule has 2 saturated carbocycles. The summed E-state index contributed by atoms with van der Waals surface area (Å²) in [5.41, 5.74) is 1.05. The number of hydrogen-bond donors (Lipinski definition) is 1. The van der Waals surface area contributed by atoms with Crippen LogP contribution in [0.1, 0.15) is 51.5 Å². The Kier molecular flexibility index (Phi) is 7.78. The van der Waals surface area contributed by atoms with Crippen molar-refractivity contribution in [2.24, 2.45) is 17.8 Å². The van der Waals surface area contributed by atoms with Crippen molar-refractivity contribution in [2.45, 2.75) is 52.4 Å². The van der Waals surface area contributed by atoms with Gasteiger partial charge in [-0.3, -0.25) is 9.59 Å². The van der Waals surface area contributed by atoms with E-state index in [-0.39, 0.29) is 18.5 Å². The van der Waals surface area contributed by atoms with Crippen LogP contribution in [0.4, 0.5) is 0 Å². The highest BCUT2D eigenvalue weighted by atomic mass is 16.5. The zero-order chi connectivity index (χ0) is 20.6. The van der Waals surface area contributed by atoms with Crippen LogP contribution >= 0.6 is 0 Å². The number of nitrogens with one attached hydrogen (secondary N) is 1. The minimum absolute atomic E-state index is 0.201. The van der Waals surface area contributed by atoms with E-state index in [1.807, 2.05) is 32.0 Å².